The summed E-state index contributed by atoms with van der Waals surface area (Å²) in [5, 5.41) is 0. The molecule has 4 heteroatoms. The third-order valence-corrected chi connectivity index (χ3v) is 4.97. The van der Waals surface area contributed by atoms with Gasteiger partial charge in [-0.25, -0.2) is 0 Å². The molecule has 2 saturated heterocycles. The lowest BCUT2D eigenvalue weighted by Crippen LogP contribution is -2.38. The minimum atomic E-state index is -0.0612. The van der Waals surface area contributed by atoms with Gasteiger partial charge in [-0.15, -0.1) is 0 Å². The summed E-state index contributed by atoms with van der Waals surface area (Å²) < 4.78 is 5.54. The number of carbonyl (C=O) groups excluding carboxylic acids is 2. The molecule has 4 rings (SSSR count). The van der Waals surface area contributed by atoms with Gasteiger partial charge >= 0.3 is 0 Å². The summed E-state index contributed by atoms with van der Waals surface area (Å²) in [5.74, 6) is 0.606. The summed E-state index contributed by atoms with van der Waals surface area (Å²) in [6, 6.07) is 0. The van der Waals surface area contributed by atoms with E-state index in [9.17, 15) is 9.59 Å². The van der Waals surface area contributed by atoms with E-state index < -0.39 is 0 Å². The molecule has 0 aromatic heterocycles. The van der Waals surface area contributed by atoms with Gasteiger partial charge < -0.3 is 4.74 Å². The van der Waals surface area contributed by atoms with E-state index in [-0.39, 0.29) is 29.8 Å². The van der Waals surface area contributed by atoms with Crippen LogP contribution in [0.1, 0.15) is 19.3 Å². The highest BCUT2D eigenvalue weighted by molar-refractivity contribution is 6.06. The molecule has 0 unspecified atom stereocenters. The van der Waals surface area contributed by atoms with Crippen LogP contribution in [0.4, 0.5) is 0 Å². The van der Waals surface area contributed by atoms with Crippen molar-refractivity contribution in [3.8, 4) is 0 Å². The van der Waals surface area contributed by atoms with Crippen LogP contribution in [-0.4, -0.2) is 36.0 Å². The number of nitrogens with zero attached hydrogens (tertiary/aromatic N) is 1. The molecule has 5 atom stereocenters. The van der Waals surface area contributed by atoms with Gasteiger partial charge in [0.05, 0.1) is 24.5 Å². The predicted molar refractivity (Wildman–Crippen MR) is 63.4 cm³/mol. The monoisotopic (exact) mass is 247 g/mol. The van der Waals surface area contributed by atoms with E-state index in [0.717, 1.165) is 25.9 Å². The fourth-order valence-corrected chi connectivity index (χ4v) is 4.14. The van der Waals surface area contributed by atoms with Crippen LogP contribution in [0.3, 0.4) is 0 Å². The second-order valence-corrected chi connectivity index (χ2v) is 5.92. The molecule has 0 radical (unpaired) electrons. The molecule has 3 fully saturated rings. The largest absolute Gasteiger partial charge is 0.376 e. The number of hydrogen-bond donors (Lipinski definition) is 0. The fraction of sp³-hybridized carbons (Fsp3) is 0.714. The van der Waals surface area contributed by atoms with E-state index in [0.29, 0.717) is 18.4 Å². The van der Waals surface area contributed by atoms with Crippen LogP contribution in [-0.2, 0) is 14.3 Å². The molecular weight excluding hydrogens is 230 g/mol. The number of ether oxygens (including phenoxy) is 1. The number of hydrogen-bond acceptors (Lipinski definition) is 3. The van der Waals surface area contributed by atoms with Gasteiger partial charge in [0.15, 0.2) is 0 Å². The molecule has 4 aliphatic rings. The van der Waals surface area contributed by atoms with Gasteiger partial charge in [0.25, 0.3) is 0 Å². The molecule has 2 bridgehead atoms. The molecule has 0 spiro atoms. The van der Waals surface area contributed by atoms with Gasteiger partial charge in [-0.3, -0.25) is 14.5 Å². The van der Waals surface area contributed by atoms with Crippen molar-refractivity contribution in [3.05, 3.63) is 12.2 Å². The van der Waals surface area contributed by atoms with Crippen molar-refractivity contribution in [2.75, 3.05) is 13.2 Å². The highest BCUT2D eigenvalue weighted by Gasteiger charge is 2.59. The maximum absolute atomic E-state index is 12.4. The van der Waals surface area contributed by atoms with E-state index in [1.807, 2.05) is 0 Å². The van der Waals surface area contributed by atoms with E-state index in [1.165, 1.54) is 4.90 Å². The Balaban J connectivity index is 1.56. The van der Waals surface area contributed by atoms with Crippen LogP contribution in [0, 0.1) is 23.7 Å². The Morgan fingerprint density at radius 3 is 2.39 bits per heavy atom. The molecule has 0 aromatic rings. The van der Waals surface area contributed by atoms with E-state index in [2.05, 4.69) is 12.2 Å². The number of carbonyl (C=O) groups is 2. The Labute approximate surface area is 106 Å². The lowest BCUT2D eigenvalue weighted by Gasteiger charge is -2.20. The second-order valence-electron chi connectivity index (χ2n) is 5.92. The molecule has 2 aliphatic carbocycles. The average molecular weight is 247 g/mol. The molecule has 0 aromatic carbocycles. The first-order valence-corrected chi connectivity index (χ1v) is 6.91. The third-order valence-electron chi connectivity index (χ3n) is 4.97. The molecule has 2 heterocycles. The van der Waals surface area contributed by atoms with E-state index in [1.54, 1.807) is 0 Å². The molecule has 18 heavy (non-hydrogen) atoms. The normalized spacial score (nSPS) is 45.3. The van der Waals surface area contributed by atoms with E-state index in [4.69, 9.17) is 4.74 Å². The van der Waals surface area contributed by atoms with Gasteiger partial charge in [-0.05, 0) is 31.1 Å². The predicted octanol–water partition coefficient (Wildman–Crippen LogP) is 0.972. The maximum atomic E-state index is 12.4. The van der Waals surface area contributed by atoms with Crippen molar-refractivity contribution in [3.63, 3.8) is 0 Å². The van der Waals surface area contributed by atoms with Crippen molar-refractivity contribution in [1.82, 2.24) is 4.90 Å². The van der Waals surface area contributed by atoms with Crippen molar-refractivity contribution < 1.29 is 14.3 Å². The van der Waals surface area contributed by atoms with Gasteiger partial charge in [-0.1, -0.05) is 12.2 Å². The summed E-state index contributed by atoms with van der Waals surface area (Å²) in [4.78, 5) is 26.3. The summed E-state index contributed by atoms with van der Waals surface area (Å²) in [5.41, 5.74) is 0. The Bertz CT molecular complexity index is 408. The van der Waals surface area contributed by atoms with Crippen LogP contribution in [0.15, 0.2) is 12.2 Å². The first-order chi connectivity index (χ1) is 8.75. The number of fused-ring (bicyclic) bond motifs is 5. The Hall–Kier alpha value is -1.16. The lowest BCUT2D eigenvalue weighted by atomic mass is 9.85. The van der Waals surface area contributed by atoms with Crippen molar-refractivity contribution in [2.24, 2.45) is 23.7 Å². The average Bonchev–Trinajstić information content (AvgIpc) is 3.10. The minimum absolute atomic E-state index is 0.0531. The van der Waals surface area contributed by atoms with Crippen LogP contribution >= 0.6 is 0 Å². The number of rotatable bonds is 2. The molecule has 4 nitrogen and oxygen atoms in total. The molecular formula is C14H17NO3. The summed E-state index contributed by atoms with van der Waals surface area (Å²) >= 11 is 0. The first-order valence-electron chi connectivity index (χ1n) is 6.91. The zero-order valence-corrected chi connectivity index (χ0v) is 10.2. The van der Waals surface area contributed by atoms with Crippen LogP contribution < -0.4 is 0 Å². The number of likely N-dealkylation sites (tertiary alicyclic amines) is 1. The van der Waals surface area contributed by atoms with Gasteiger partial charge in [0.1, 0.15) is 0 Å². The lowest BCUT2D eigenvalue weighted by molar-refractivity contribution is -0.142. The summed E-state index contributed by atoms with van der Waals surface area (Å²) in [6.45, 7) is 1.24. The van der Waals surface area contributed by atoms with Gasteiger partial charge in [0, 0.05) is 6.61 Å². The fourth-order valence-electron chi connectivity index (χ4n) is 4.14. The zero-order valence-electron chi connectivity index (χ0n) is 10.2. The van der Waals surface area contributed by atoms with E-state index >= 15 is 0 Å². The van der Waals surface area contributed by atoms with Gasteiger partial charge in [-0.2, -0.15) is 0 Å². The zero-order chi connectivity index (χ0) is 12.3. The second kappa shape index (κ2) is 3.67. The number of imide groups is 1. The maximum Gasteiger partial charge on any atom is 0.233 e. The van der Waals surface area contributed by atoms with Crippen LogP contribution in [0.2, 0.25) is 0 Å². The highest BCUT2D eigenvalue weighted by atomic mass is 16.5. The Morgan fingerprint density at radius 2 is 1.83 bits per heavy atom. The van der Waals surface area contributed by atoms with Crippen LogP contribution in [0.5, 0.6) is 0 Å². The molecule has 96 valence electrons. The van der Waals surface area contributed by atoms with Gasteiger partial charge in [0.2, 0.25) is 11.8 Å². The molecule has 2 amide bonds. The van der Waals surface area contributed by atoms with Crippen molar-refractivity contribution >= 4 is 11.8 Å². The number of amides is 2. The van der Waals surface area contributed by atoms with Crippen LogP contribution in [0.25, 0.3) is 0 Å². The smallest absolute Gasteiger partial charge is 0.233 e. The third kappa shape index (κ3) is 1.30. The molecule has 1 saturated carbocycles. The topological polar surface area (TPSA) is 46.6 Å². The minimum Gasteiger partial charge on any atom is -0.376 e. The number of allylic oxidation sites excluding steroid dienone is 2. The molecule has 2 aliphatic heterocycles. The standard InChI is InChI=1S/C14H17NO3/c16-13-11-8-3-4-9(6-8)12(11)14(17)15(13)7-10-2-1-5-18-10/h3-4,8-12H,1-2,5-7H2/t8-,9-,10-,11-,12+/m0/s1. The highest BCUT2D eigenvalue weighted by Crippen LogP contribution is 2.52. The Morgan fingerprint density at radius 1 is 1.17 bits per heavy atom. The summed E-state index contributed by atoms with van der Waals surface area (Å²) in [7, 11) is 0. The summed E-state index contributed by atoms with van der Waals surface area (Å²) in [6.07, 6.45) is 7.35. The van der Waals surface area contributed by atoms with Crippen molar-refractivity contribution in [1.29, 1.82) is 0 Å². The molecule has 0 N–H and O–H groups in total. The van der Waals surface area contributed by atoms with Crippen molar-refractivity contribution in [2.45, 2.75) is 25.4 Å². The first kappa shape index (κ1) is 10.7. The SMILES string of the molecule is O=C1[C@@H]2[C@H](C(=O)N1C[C@@H]1CCCO1)[C@H]1C=C[C@H]2C1. The Kier molecular flexibility index (Phi) is 2.19. The quantitative estimate of drug-likeness (QED) is 0.539.